The Kier molecular flexibility index (Phi) is 3.47. The van der Waals surface area contributed by atoms with Gasteiger partial charge in [0.2, 0.25) is 11.8 Å². The van der Waals surface area contributed by atoms with Crippen molar-refractivity contribution >= 4 is 5.95 Å². The van der Waals surface area contributed by atoms with Crippen molar-refractivity contribution in [2.75, 3.05) is 24.6 Å². The number of anilines is 1. The Bertz CT molecular complexity index is 377. The highest BCUT2D eigenvalue weighted by Crippen LogP contribution is 2.26. The van der Waals surface area contributed by atoms with Gasteiger partial charge in [0.1, 0.15) is 0 Å². The number of nitrogens with zero attached hydrogens (tertiary/aromatic N) is 3. The van der Waals surface area contributed by atoms with Crippen LogP contribution in [0.3, 0.4) is 0 Å². The van der Waals surface area contributed by atoms with Gasteiger partial charge in [-0.15, -0.1) is 0 Å². The van der Waals surface area contributed by atoms with E-state index in [0.29, 0.717) is 18.4 Å². The molecule has 1 aliphatic rings. The summed E-state index contributed by atoms with van der Waals surface area (Å²) in [6.45, 7) is 6.51. The van der Waals surface area contributed by atoms with E-state index in [4.69, 9.17) is 10.5 Å². The van der Waals surface area contributed by atoms with Crippen LogP contribution in [-0.2, 0) is 0 Å². The molecule has 2 N–H and O–H groups in total. The third-order valence-electron chi connectivity index (χ3n) is 3.07. The van der Waals surface area contributed by atoms with Crippen molar-refractivity contribution < 1.29 is 4.74 Å². The SMILES string of the molecule is CCCOc1ccnc(N2CC(N)(CC)C2)n1. The molecule has 1 saturated heterocycles. The van der Waals surface area contributed by atoms with Crippen LogP contribution in [0.2, 0.25) is 0 Å². The van der Waals surface area contributed by atoms with Crippen LogP contribution in [-0.4, -0.2) is 35.2 Å². The minimum atomic E-state index is -0.0658. The van der Waals surface area contributed by atoms with Crippen LogP contribution in [0.25, 0.3) is 0 Å². The van der Waals surface area contributed by atoms with Crippen molar-refractivity contribution in [3.8, 4) is 5.88 Å². The maximum atomic E-state index is 6.12. The van der Waals surface area contributed by atoms with E-state index in [1.807, 2.05) is 0 Å². The summed E-state index contributed by atoms with van der Waals surface area (Å²) in [5.74, 6) is 1.36. The smallest absolute Gasteiger partial charge is 0.228 e. The number of nitrogens with two attached hydrogens (primary N) is 1. The van der Waals surface area contributed by atoms with E-state index in [1.165, 1.54) is 0 Å². The predicted molar refractivity (Wildman–Crippen MR) is 67.2 cm³/mol. The average molecular weight is 236 g/mol. The summed E-state index contributed by atoms with van der Waals surface area (Å²) in [5.41, 5.74) is 6.05. The van der Waals surface area contributed by atoms with Gasteiger partial charge in [0.05, 0.1) is 12.1 Å². The largest absolute Gasteiger partial charge is 0.478 e. The van der Waals surface area contributed by atoms with Crippen molar-refractivity contribution in [3.05, 3.63) is 12.3 Å². The van der Waals surface area contributed by atoms with Crippen molar-refractivity contribution in [1.82, 2.24) is 9.97 Å². The molecule has 17 heavy (non-hydrogen) atoms. The molecule has 5 nitrogen and oxygen atoms in total. The molecule has 1 aromatic rings. The monoisotopic (exact) mass is 236 g/mol. The first-order valence-electron chi connectivity index (χ1n) is 6.16. The van der Waals surface area contributed by atoms with Crippen LogP contribution >= 0.6 is 0 Å². The number of ether oxygens (including phenoxy) is 1. The molecule has 94 valence electrons. The molecule has 0 radical (unpaired) electrons. The molecule has 0 aromatic carbocycles. The highest BCUT2D eigenvalue weighted by atomic mass is 16.5. The lowest BCUT2D eigenvalue weighted by Gasteiger charge is -2.47. The minimum absolute atomic E-state index is 0.0658. The summed E-state index contributed by atoms with van der Waals surface area (Å²) < 4.78 is 5.48. The number of hydrogen-bond donors (Lipinski definition) is 1. The Balaban J connectivity index is 1.98. The molecule has 0 amide bonds. The van der Waals surface area contributed by atoms with E-state index in [9.17, 15) is 0 Å². The molecule has 5 heteroatoms. The fraction of sp³-hybridized carbons (Fsp3) is 0.667. The van der Waals surface area contributed by atoms with Gasteiger partial charge in [0, 0.05) is 25.4 Å². The lowest BCUT2D eigenvalue weighted by Crippen LogP contribution is -2.67. The fourth-order valence-electron chi connectivity index (χ4n) is 1.85. The topological polar surface area (TPSA) is 64.3 Å². The molecule has 1 aliphatic heterocycles. The molecule has 0 atom stereocenters. The van der Waals surface area contributed by atoms with Gasteiger partial charge in [0.15, 0.2) is 0 Å². The van der Waals surface area contributed by atoms with Crippen molar-refractivity contribution in [3.63, 3.8) is 0 Å². The first-order chi connectivity index (χ1) is 8.17. The molecule has 2 heterocycles. The minimum Gasteiger partial charge on any atom is -0.478 e. The maximum absolute atomic E-state index is 6.12. The van der Waals surface area contributed by atoms with Crippen LogP contribution in [0.4, 0.5) is 5.95 Å². The molecule has 0 aliphatic carbocycles. The first-order valence-corrected chi connectivity index (χ1v) is 6.16. The molecular weight excluding hydrogens is 216 g/mol. The van der Waals surface area contributed by atoms with E-state index >= 15 is 0 Å². The van der Waals surface area contributed by atoms with Gasteiger partial charge in [-0.05, 0) is 12.8 Å². The summed E-state index contributed by atoms with van der Waals surface area (Å²) >= 11 is 0. The lowest BCUT2D eigenvalue weighted by atomic mass is 9.89. The fourth-order valence-corrected chi connectivity index (χ4v) is 1.85. The average Bonchev–Trinajstić information content (AvgIpc) is 2.33. The molecule has 0 bridgehead atoms. The summed E-state index contributed by atoms with van der Waals surface area (Å²) in [5, 5.41) is 0. The van der Waals surface area contributed by atoms with Gasteiger partial charge in [0.25, 0.3) is 0 Å². The standard InChI is InChI=1S/C12H20N4O/c1-3-7-17-10-5-6-14-11(15-10)16-8-12(13,4-2)9-16/h5-6H,3-4,7-9,13H2,1-2H3. The van der Waals surface area contributed by atoms with Crippen LogP contribution < -0.4 is 15.4 Å². The third-order valence-corrected chi connectivity index (χ3v) is 3.07. The highest BCUT2D eigenvalue weighted by molar-refractivity contribution is 5.39. The summed E-state index contributed by atoms with van der Waals surface area (Å²) in [7, 11) is 0. The molecule has 0 spiro atoms. The summed E-state index contributed by atoms with van der Waals surface area (Å²) in [4.78, 5) is 10.7. The second-order valence-corrected chi connectivity index (χ2v) is 4.62. The van der Waals surface area contributed by atoms with Crippen LogP contribution in [0.15, 0.2) is 12.3 Å². The predicted octanol–water partition coefficient (Wildman–Crippen LogP) is 1.19. The zero-order valence-electron chi connectivity index (χ0n) is 10.5. The van der Waals surface area contributed by atoms with Crippen LogP contribution in [0.1, 0.15) is 26.7 Å². The molecule has 2 rings (SSSR count). The Hall–Kier alpha value is -1.36. The zero-order chi connectivity index (χ0) is 12.3. The van der Waals surface area contributed by atoms with Crippen molar-refractivity contribution in [2.45, 2.75) is 32.2 Å². The van der Waals surface area contributed by atoms with Crippen molar-refractivity contribution in [2.24, 2.45) is 5.73 Å². The Labute approximate surface area is 102 Å². The van der Waals surface area contributed by atoms with Gasteiger partial charge >= 0.3 is 0 Å². The Morgan fingerprint density at radius 2 is 2.24 bits per heavy atom. The van der Waals surface area contributed by atoms with Gasteiger partial charge < -0.3 is 15.4 Å². The second-order valence-electron chi connectivity index (χ2n) is 4.62. The van der Waals surface area contributed by atoms with E-state index in [2.05, 4.69) is 28.7 Å². The third kappa shape index (κ3) is 2.66. The summed E-state index contributed by atoms with van der Waals surface area (Å²) in [6.07, 6.45) is 3.69. The summed E-state index contributed by atoms with van der Waals surface area (Å²) in [6, 6.07) is 1.79. The normalized spacial score (nSPS) is 17.7. The first kappa shape index (κ1) is 12.1. The highest BCUT2D eigenvalue weighted by Gasteiger charge is 2.39. The van der Waals surface area contributed by atoms with Gasteiger partial charge in [-0.25, -0.2) is 4.98 Å². The molecular formula is C12H20N4O. The van der Waals surface area contributed by atoms with Gasteiger partial charge in [-0.1, -0.05) is 13.8 Å². The number of aromatic nitrogens is 2. The van der Waals surface area contributed by atoms with Gasteiger partial charge in [-0.2, -0.15) is 4.98 Å². The van der Waals surface area contributed by atoms with Gasteiger partial charge in [-0.3, -0.25) is 0 Å². The molecule has 0 saturated carbocycles. The maximum Gasteiger partial charge on any atom is 0.228 e. The van der Waals surface area contributed by atoms with Crippen LogP contribution in [0.5, 0.6) is 5.88 Å². The lowest BCUT2D eigenvalue weighted by molar-refractivity contribution is 0.297. The number of rotatable bonds is 5. The number of hydrogen-bond acceptors (Lipinski definition) is 5. The van der Waals surface area contributed by atoms with E-state index in [0.717, 1.165) is 25.9 Å². The Morgan fingerprint density at radius 3 is 2.88 bits per heavy atom. The molecule has 1 aromatic heterocycles. The molecule has 0 unspecified atom stereocenters. The quantitative estimate of drug-likeness (QED) is 0.832. The van der Waals surface area contributed by atoms with E-state index in [1.54, 1.807) is 12.3 Å². The Morgan fingerprint density at radius 1 is 1.47 bits per heavy atom. The second kappa shape index (κ2) is 4.87. The van der Waals surface area contributed by atoms with Crippen LogP contribution in [0, 0.1) is 0 Å². The zero-order valence-corrected chi connectivity index (χ0v) is 10.5. The van der Waals surface area contributed by atoms with E-state index in [-0.39, 0.29) is 5.54 Å². The van der Waals surface area contributed by atoms with E-state index < -0.39 is 0 Å². The van der Waals surface area contributed by atoms with Crippen molar-refractivity contribution in [1.29, 1.82) is 0 Å². The molecule has 1 fully saturated rings.